The van der Waals surface area contributed by atoms with Crippen LogP contribution < -0.4 is 5.11 Å². The van der Waals surface area contributed by atoms with Gasteiger partial charge in [-0.05, 0) is 18.7 Å². The molecule has 0 radical (unpaired) electrons. The van der Waals surface area contributed by atoms with Crippen LogP contribution in [0.2, 0.25) is 0 Å². The van der Waals surface area contributed by atoms with Gasteiger partial charge in [0.2, 0.25) is 0 Å². The van der Waals surface area contributed by atoms with Crippen LogP contribution >= 0.6 is 0 Å². The lowest BCUT2D eigenvalue weighted by atomic mass is 10.0. The summed E-state index contributed by atoms with van der Waals surface area (Å²) in [5, 5.41) is 11.1. The van der Waals surface area contributed by atoms with Crippen molar-refractivity contribution in [1.82, 2.24) is 0 Å². The van der Waals surface area contributed by atoms with E-state index in [1.165, 1.54) is 44.9 Å². The van der Waals surface area contributed by atoms with Gasteiger partial charge < -0.3 is 5.11 Å². The zero-order chi connectivity index (χ0) is 18.5. The van der Waals surface area contributed by atoms with Crippen molar-refractivity contribution in [1.29, 1.82) is 0 Å². The molecule has 0 N–H and O–H groups in total. The fraction of sp³-hybridized carbons (Fsp3) is 0.938. The molecule has 0 unspecified atom stereocenters. The number of halogens is 3. The van der Waals surface area contributed by atoms with Crippen LogP contribution in [0.3, 0.4) is 0 Å². The van der Waals surface area contributed by atoms with Crippen LogP contribution in [0.4, 0.5) is 13.2 Å². The van der Waals surface area contributed by atoms with E-state index in [2.05, 4.69) is 11.3 Å². The molecule has 0 rings (SSSR count). The summed E-state index contributed by atoms with van der Waals surface area (Å²) in [6.07, 6.45) is 12.7. The normalized spacial score (nSPS) is 13.4. The quantitative estimate of drug-likeness (QED) is 0.252. The van der Waals surface area contributed by atoms with Gasteiger partial charge in [0.25, 0.3) is 0 Å². The zero-order valence-corrected chi connectivity index (χ0v) is 15.2. The minimum absolute atomic E-state index is 0.257. The highest BCUT2D eigenvalue weighted by molar-refractivity contribution is 7.91. The predicted octanol–water partition coefficient (Wildman–Crippen LogP) is 4.69. The third kappa shape index (κ3) is 11.7. The van der Waals surface area contributed by atoms with E-state index in [4.69, 9.17) is 0 Å². The van der Waals surface area contributed by atoms with Crippen molar-refractivity contribution in [3.63, 3.8) is 0 Å². The third-order valence-electron chi connectivity index (χ3n) is 3.76. The van der Waals surface area contributed by atoms with Crippen LogP contribution in [0.25, 0.3) is 0 Å². The average molecular weight is 372 g/mol. The van der Waals surface area contributed by atoms with Crippen LogP contribution in [-0.4, -0.2) is 19.8 Å². The minimum Gasteiger partial charge on any atom is -0.861 e. The topological polar surface area (TPSA) is 69.6 Å². The van der Waals surface area contributed by atoms with E-state index in [1.807, 2.05) is 0 Å². The lowest BCUT2D eigenvalue weighted by Gasteiger charge is -2.11. The first-order valence-corrected chi connectivity index (χ1v) is 10.2. The summed E-state index contributed by atoms with van der Waals surface area (Å²) in [4.78, 5) is 0. The summed E-state index contributed by atoms with van der Waals surface area (Å²) in [6.45, 7) is 2.19. The number of alkyl halides is 3. The SMILES string of the molecule is CCCCCCCCCCCCCC/C([O-])=N/S(=O)(=O)C(F)(F)F. The van der Waals surface area contributed by atoms with Crippen LogP contribution in [-0.2, 0) is 10.0 Å². The lowest BCUT2D eigenvalue weighted by Crippen LogP contribution is -2.26. The Kier molecular flexibility index (Phi) is 12.1. The van der Waals surface area contributed by atoms with E-state index in [0.29, 0.717) is 12.8 Å². The first-order chi connectivity index (χ1) is 11.2. The molecule has 4 nitrogen and oxygen atoms in total. The molecule has 144 valence electrons. The second kappa shape index (κ2) is 12.6. The van der Waals surface area contributed by atoms with E-state index in [9.17, 15) is 26.7 Å². The minimum atomic E-state index is -5.69. The fourth-order valence-electron chi connectivity index (χ4n) is 2.35. The highest BCUT2D eigenvalue weighted by Gasteiger charge is 2.45. The lowest BCUT2D eigenvalue weighted by molar-refractivity contribution is -0.218. The van der Waals surface area contributed by atoms with Crippen molar-refractivity contribution in [2.24, 2.45) is 4.40 Å². The standard InChI is InChI=1S/C16H30F3NO3S/c1-2-3-4-5-6-7-8-9-10-11-12-13-14-15(21)20-24(22,23)16(17,18)19/h2-14H2,1H3,(H,20,21)/p-1. The maximum atomic E-state index is 12.0. The molecule has 0 aromatic rings. The smallest absolute Gasteiger partial charge is 0.518 e. The van der Waals surface area contributed by atoms with Crippen molar-refractivity contribution >= 4 is 15.9 Å². The molecule has 0 atom stereocenters. The van der Waals surface area contributed by atoms with Gasteiger partial charge in [0.05, 0.1) is 0 Å². The predicted molar refractivity (Wildman–Crippen MR) is 88.1 cm³/mol. The van der Waals surface area contributed by atoms with Gasteiger partial charge in [-0.25, -0.2) is 0 Å². The third-order valence-corrected chi connectivity index (χ3v) is 4.79. The Bertz CT molecular complexity index is 448. The van der Waals surface area contributed by atoms with Crippen LogP contribution in [0, 0.1) is 0 Å². The first-order valence-electron chi connectivity index (χ1n) is 8.78. The Morgan fingerprint density at radius 1 is 0.833 bits per heavy atom. The molecule has 0 fully saturated rings. The van der Waals surface area contributed by atoms with E-state index in [1.54, 1.807) is 0 Å². The van der Waals surface area contributed by atoms with Gasteiger partial charge in [-0.2, -0.15) is 26.0 Å². The largest absolute Gasteiger partial charge is 0.861 e. The van der Waals surface area contributed by atoms with Crippen molar-refractivity contribution in [2.75, 3.05) is 0 Å². The molecule has 0 bridgehead atoms. The van der Waals surface area contributed by atoms with Crippen LogP contribution in [0.15, 0.2) is 4.40 Å². The first kappa shape index (κ1) is 23.2. The van der Waals surface area contributed by atoms with Gasteiger partial charge in [0.1, 0.15) is 0 Å². The van der Waals surface area contributed by atoms with Crippen LogP contribution in [0.1, 0.15) is 90.4 Å². The van der Waals surface area contributed by atoms with Gasteiger partial charge in [0.15, 0.2) is 0 Å². The molecule has 0 saturated heterocycles. The molecule has 0 aliphatic carbocycles. The summed E-state index contributed by atoms with van der Waals surface area (Å²) >= 11 is 0. The van der Waals surface area contributed by atoms with E-state index in [-0.39, 0.29) is 6.42 Å². The number of hydrogen-bond acceptors (Lipinski definition) is 3. The highest BCUT2D eigenvalue weighted by atomic mass is 32.2. The Morgan fingerprint density at radius 3 is 1.58 bits per heavy atom. The number of unbranched alkanes of at least 4 members (excludes halogenated alkanes) is 11. The Morgan fingerprint density at radius 2 is 1.21 bits per heavy atom. The van der Waals surface area contributed by atoms with Gasteiger partial charge in [-0.15, -0.1) is 0 Å². The van der Waals surface area contributed by atoms with Gasteiger partial charge in [-0.1, -0.05) is 77.6 Å². The Balaban J connectivity index is 3.60. The molecule has 0 heterocycles. The number of rotatable bonds is 14. The molecule has 0 aliphatic heterocycles. The molecule has 0 spiro atoms. The second-order valence-electron chi connectivity index (χ2n) is 6.04. The molecule has 8 heteroatoms. The van der Waals surface area contributed by atoms with Crippen molar-refractivity contribution in [2.45, 2.75) is 95.9 Å². The number of sulfonamides is 1. The molecule has 0 amide bonds. The molecular formula is C16H29F3NO3S-. The monoisotopic (exact) mass is 372 g/mol. The Labute approximate surface area is 143 Å². The summed E-state index contributed by atoms with van der Waals surface area (Å²) in [7, 11) is -5.69. The van der Waals surface area contributed by atoms with Crippen molar-refractivity contribution < 1.29 is 26.7 Å². The number of hydrogen-bond donors (Lipinski definition) is 0. The van der Waals surface area contributed by atoms with E-state index < -0.39 is 21.4 Å². The van der Waals surface area contributed by atoms with E-state index >= 15 is 0 Å². The van der Waals surface area contributed by atoms with E-state index in [0.717, 1.165) is 19.3 Å². The van der Waals surface area contributed by atoms with Gasteiger partial charge in [-0.3, -0.25) is 0 Å². The summed E-state index contributed by atoms with van der Waals surface area (Å²) in [5.74, 6) is -1.22. The van der Waals surface area contributed by atoms with Gasteiger partial charge in [0, 0.05) is 0 Å². The second-order valence-corrected chi connectivity index (χ2v) is 7.64. The summed E-state index contributed by atoms with van der Waals surface area (Å²) < 4.78 is 59.7. The summed E-state index contributed by atoms with van der Waals surface area (Å²) in [5.41, 5.74) is -5.50. The highest BCUT2D eigenvalue weighted by Crippen LogP contribution is 2.24. The number of nitrogens with zero attached hydrogens (tertiary/aromatic N) is 1. The van der Waals surface area contributed by atoms with Crippen LogP contribution in [0.5, 0.6) is 0 Å². The molecule has 0 aromatic carbocycles. The molecule has 0 aliphatic rings. The summed E-state index contributed by atoms with van der Waals surface area (Å²) in [6, 6.07) is 0. The molecule has 24 heavy (non-hydrogen) atoms. The molecular weight excluding hydrogens is 343 g/mol. The van der Waals surface area contributed by atoms with Crippen molar-refractivity contribution in [3.8, 4) is 0 Å². The Hall–Kier alpha value is -0.790. The van der Waals surface area contributed by atoms with Crippen molar-refractivity contribution in [3.05, 3.63) is 0 Å². The zero-order valence-electron chi connectivity index (χ0n) is 14.4. The molecule has 0 aromatic heterocycles. The molecule has 0 saturated carbocycles. The maximum absolute atomic E-state index is 12.0. The fourth-order valence-corrected chi connectivity index (χ4v) is 2.81. The maximum Gasteiger partial charge on any atom is 0.518 e. The average Bonchev–Trinajstić information content (AvgIpc) is 2.46. The van der Waals surface area contributed by atoms with Gasteiger partial charge >= 0.3 is 15.5 Å².